The van der Waals surface area contributed by atoms with E-state index >= 15 is 0 Å². The molecule has 0 atom stereocenters. The first-order valence-electron chi connectivity index (χ1n) is 6.71. The number of allylic oxidation sites excluding steroid dienone is 1. The molecule has 2 rings (SSSR count). The molecule has 0 unspecified atom stereocenters. The van der Waals surface area contributed by atoms with E-state index in [1.807, 2.05) is 18.2 Å². The summed E-state index contributed by atoms with van der Waals surface area (Å²) in [6.07, 6.45) is 7.37. The zero-order valence-electron chi connectivity index (χ0n) is 11.5. The van der Waals surface area contributed by atoms with Gasteiger partial charge in [-0.05, 0) is 29.7 Å². The molecule has 6 heteroatoms. The Morgan fingerprint density at radius 1 is 1.38 bits per heavy atom. The molecule has 0 spiro atoms. The molecule has 0 saturated heterocycles. The molecule has 21 heavy (non-hydrogen) atoms. The van der Waals surface area contributed by atoms with E-state index in [0.717, 1.165) is 30.4 Å². The molecule has 0 saturated carbocycles. The molecule has 0 amide bonds. The van der Waals surface area contributed by atoms with Crippen molar-refractivity contribution in [3.05, 3.63) is 34.4 Å². The summed E-state index contributed by atoms with van der Waals surface area (Å²) in [4.78, 5) is 4.00. The van der Waals surface area contributed by atoms with Crippen LogP contribution < -0.4 is 0 Å². The van der Waals surface area contributed by atoms with Crippen LogP contribution in [0.15, 0.2) is 23.2 Å². The van der Waals surface area contributed by atoms with Gasteiger partial charge in [0, 0.05) is 23.2 Å². The van der Waals surface area contributed by atoms with Crippen LogP contribution in [0.3, 0.4) is 0 Å². The van der Waals surface area contributed by atoms with Crippen molar-refractivity contribution < 1.29 is 13.2 Å². The van der Waals surface area contributed by atoms with Gasteiger partial charge in [0.2, 0.25) is 0 Å². The molecule has 0 radical (unpaired) electrons. The van der Waals surface area contributed by atoms with Gasteiger partial charge < -0.3 is 0 Å². The minimum atomic E-state index is -4.30. The first-order chi connectivity index (χ1) is 9.89. The van der Waals surface area contributed by atoms with Crippen molar-refractivity contribution in [2.45, 2.75) is 38.1 Å². The predicted molar refractivity (Wildman–Crippen MR) is 84.5 cm³/mol. The lowest BCUT2D eigenvalue weighted by Crippen LogP contribution is -2.06. The van der Waals surface area contributed by atoms with E-state index in [0.29, 0.717) is 10.7 Å². The van der Waals surface area contributed by atoms with E-state index in [4.69, 9.17) is 11.6 Å². The SMILES string of the molecule is CCCC/C=C\c1cc2c(cc1Cl)N=C(SC(F)(F)F)C2. The van der Waals surface area contributed by atoms with Gasteiger partial charge in [-0.15, -0.1) is 0 Å². The average Bonchev–Trinajstić information content (AvgIpc) is 2.73. The van der Waals surface area contributed by atoms with Crippen LogP contribution >= 0.6 is 23.4 Å². The van der Waals surface area contributed by atoms with Gasteiger partial charge in [-0.2, -0.15) is 13.2 Å². The van der Waals surface area contributed by atoms with Crippen LogP contribution in [-0.2, 0) is 6.42 Å². The normalized spacial score (nSPS) is 14.6. The number of aliphatic imine (C=N–C) groups is 1. The maximum atomic E-state index is 12.4. The van der Waals surface area contributed by atoms with Crippen molar-refractivity contribution >= 4 is 40.2 Å². The first-order valence-corrected chi connectivity index (χ1v) is 7.91. The summed E-state index contributed by atoms with van der Waals surface area (Å²) in [6, 6.07) is 3.47. The van der Waals surface area contributed by atoms with Gasteiger partial charge in [0.1, 0.15) is 0 Å². The molecule has 0 aliphatic carbocycles. The summed E-state index contributed by atoms with van der Waals surface area (Å²) in [6.45, 7) is 2.12. The highest BCUT2D eigenvalue weighted by Crippen LogP contribution is 2.40. The highest BCUT2D eigenvalue weighted by molar-refractivity contribution is 8.14. The molecule has 0 fully saturated rings. The summed E-state index contributed by atoms with van der Waals surface area (Å²) in [5.41, 5.74) is -2.13. The second-order valence-corrected chi connectivity index (χ2v) is 6.32. The van der Waals surface area contributed by atoms with Crippen LogP contribution in [0.25, 0.3) is 6.08 Å². The molecule has 0 N–H and O–H groups in total. The Morgan fingerprint density at radius 3 is 2.81 bits per heavy atom. The smallest absolute Gasteiger partial charge is 0.246 e. The number of thioether (sulfide) groups is 1. The van der Waals surface area contributed by atoms with Crippen molar-refractivity contribution in [2.75, 3.05) is 0 Å². The van der Waals surface area contributed by atoms with Gasteiger partial charge >= 0.3 is 5.51 Å². The van der Waals surface area contributed by atoms with Crippen LogP contribution in [0.5, 0.6) is 0 Å². The van der Waals surface area contributed by atoms with E-state index in [1.54, 1.807) is 6.07 Å². The Balaban J connectivity index is 2.12. The summed E-state index contributed by atoms with van der Waals surface area (Å²) < 4.78 is 37.1. The van der Waals surface area contributed by atoms with Crippen molar-refractivity contribution in [2.24, 2.45) is 4.99 Å². The quantitative estimate of drug-likeness (QED) is 0.582. The lowest BCUT2D eigenvalue weighted by molar-refractivity contribution is -0.0316. The minimum Gasteiger partial charge on any atom is -0.246 e. The molecule has 1 nitrogen and oxygen atoms in total. The molecule has 1 heterocycles. The third-order valence-electron chi connectivity index (χ3n) is 3.04. The fraction of sp³-hybridized carbons (Fsp3) is 0.400. The number of halogens is 4. The van der Waals surface area contributed by atoms with Gasteiger partial charge in [-0.1, -0.05) is 43.5 Å². The number of hydrogen-bond acceptors (Lipinski definition) is 2. The van der Waals surface area contributed by atoms with E-state index in [-0.39, 0.29) is 23.2 Å². The number of unbranched alkanes of at least 4 members (excludes halogenated alkanes) is 2. The third kappa shape index (κ3) is 4.78. The Kier molecular flexibility index (Phi) is 5.38. The van der Waals surface area contributed by atoms with Crippen molar-refractivity contribution in [1.82, 2.24) is 0 Å². The highest BCUT2D eigenvalue weighted by atomic mass is 35.5. The fourth-order valence-corrected chi connectivity index (χ4v) is 2.92. The Hall–Kier alpha value is -0.940. The van der Waals surface area contributed by atoms with Gasteiger partial charge in [0.15, 0.2) is 0 Å². The van der Waals surface area contributed by atoms with Crippen LogP contribution in [0.2, 0.25) is 5.02 Å². The molecule has 1 aromatic rings. The summed E-state index contributed by atoms with van der Waals surface area (Å²) >= 11 is 6.00. The molecule has 1 aromatic carbocycles. The van der Waals surface area contributed by atoms with Crippen molar-refractivity contribution in [3.8, 4) is 0 Å². The number of benzene rings is 1. The lowest BCUT2D eigenvalue weighted by Gasteiger charge is -2.04. The van der Waals surface area contributed by atoms with E-state index in [2.05, 4.69) is 11.9 Å². The van der Waals surface area contributed by atoms with Crippen LogP contribution in [0.4, 0.5) is 18.9 Å². The zero-order valence-corrected chi connectivity index (χ0v) is 13.1. The van der Waals surface area contributed by atoms with Gasteiger partial charge in [-0.3, -0.25) is 0 Å². The molecule has 114 valence electrons. The van der Waals surface area contributed by atoms with Crippen LogP contribution in [0.1, 0.15) is 37.3 Å². The zero-order chi connectivity index (χ0) is 15.5. The molecule has 1 aliphatic rings. The van der Waals surface area contributed by atoms with Crippen LogP contribution in [-0.4, -0.2) is 10.6 Å². The topological polar surface area (TPSA) is 12.4 Å². The van der Waals surface area contributed by atoms with E-state index in [9.17, 15) is 13.2 Å². The molecular formula is C15H15ClF3NS. The maximum Gasteiger partial charge on any atom is 0.447 e. The fourth-order valence-electron chi connectivity index (χ4n) is 2.06. The van der Waals surface area contributed by atoms with Gasteiger partial charge in [-0.25, -0.2) is 4.99 Å². The molecule has 1 aliphatic heterocycles. The largest absolute Gasteiger partial charge is 0.447 e. The van der Waals surface area contributed by atoms with Crippen molar-refractivity contribution in [1.29, 1.82) is 0 Å². The standard InChI is InChI=1S/C15H15ClF3NS/c1-2-3-4-5-6-10-7-11-8-14(21-15(17,18)19)20-13(11)9-12(10)16/h5-7,9H,2-4,8H2,1H3/b6-5-. The molecule has 0 bridgehead atoms. The Morgan fingerprint density at radius 2 is 2.14 bits per heavy atom. The Labute approximate surface area is 131 Å². The minimum absolute atomic E-state index is 0.0701. The number of hydrogen-bond donors (Lipinski definition) is 0. The average molecular weight is 334 g/mol. The summed E-state index contributed by atoms with van der Waals surface area (Å²) in [5.74, 6) is 0. The van der Waals surface area contributed by atoms with Crippen molar-refractivity contribution in [3.63, 3.8) is 0 Å². The monoisotopic (exact) mass is 333 g/mol. The Bertz CT molecular complexity index is 579. The second-order valence-electron chi connectivity index (χ2n) is 4.78. The number of fused-ring (bicyclic) bond motifs is 1. The van der Waals surface area contributed by atoms with E-state index < -0.39 is 5.51 Å². The maximum absolute atomic E-state index is 12.4. The third-order valence-corrected chi connectivity index (χ3v) is 4.07. The first kappa shape index (κ1) is 16.4. The molecular weight excluding hydrogens is 319 g/mol. The van der Waals surface area contributed by atoms with Crippen LogP contribution in [0, 0.1) is 0 Å². The molecule has 0 aromatic heterocycles. The van der Waals surface area contributed by atoms with E-state index in [1.165, 1.54) is 0 Å². The number of nitrogens with zero attached hydrogens (tertiary/aromatic N) is 1. The second kappa shape index (κ2) is 6.88. The summed E-state index contributed by atoms with van der Waals surface area (Å²) in [7, 11) is 0. The summed E-state index contributed by atoms with van der Waals surface area (Å²) in [5, 5.41) is 0.587. The number of alkyl halides is 3. The predicted octanol–water partition coefficient (Wildman–Crippen LogP) is 6.38. The highest BCUT2D eigenvalue weighted by Gasteiger charge is 2.33. The lowest BCUT2D eigenvalue weighted by atomic mass is 10.1. The van der Waals surface area contributed by atoms with Gasteiger partial charge in [0.05, 0.1) is 10.7 Å². The van der Waals surface area contributed by atoms with Gasteiger partial charge in [0.25, 0.3) is 0 Å². The number of rotatable bonds is 4.